The number of ether oxygens (including phenoxy) is 2. The van der Waals surface area contributed by atoms with Crippen molar-refractivity contribution < 1.29 is 9.47 Å². The average molecular weight is 486 g/mol. The zero-order valence-corrected chi connectivity index (χ0v) is 20.7. The molecule has 0 radical (unpaired) electrons. The average Bonchev–Trinajstić information content (AvgIpc) is 3.60. The van der Waals surface area contributed by atoms with E-state index >= 15 is 0 Å². The van der Waals surface area contributed by atoms with Crippen LogP contribution in [0.2, 0.25) is 0 Å². The molecule has 1 unspecified atom stereocenters. The monoisotopic (exact) mass is 485 g/mol. The van der Waals surface area contributed by atoms with Crippen LogP contribution in [-0.2, 0) is 23.6 Å². The van der Waals surface area contributed by atoms with Crippen LogP contribution in [0, 0.1) is 5.92 Å². The van der Waals surface area contributed by atoms with Crippen molar-refractivity contribution in [1.29, 1.82) is 0 Å². The second-order valence-corrected chi connectivity index (χ2v) is 10.7. The van der Waals surface area contributed by atoms with Crippen molar-refractivity contribution in [3.05, 3.63) is 46.4 Å². The number of piperidine rings is 1. The van der Waals surface area contributed by atoms with Crippen LogP contribution in [-0.4, -0.2) is 45.5 Å². The molecule has 2 aliphatic rings. The van der Waals surface area contributed by atoms with Gasteiger partial charge in [-0.2, -0.15) is 0 Å². The van der Waals surface area contributed by atoms with Crippen molar-refractivity contribution in [3.8, 4) is 5.75 Å². The van der Waals surface area contributed by atoms with Gasteiger partial charge in [0.05, 0.1) is 18.3 Å². The number of benzene rings is 1. The summed E-state index contributed by atoms with van der Waals surface area (Å²) in [4.78, 5) is 7.16. The molecule has 2 saturated heterocycles. The predicted molar refractivity (Wildman–Crippen MR) is 132 cm³/mol. The Kier molecular flexibility index (Phi) is 7.48. The first kappa shape index (κ1) is 22.7. The molecule has 3 aromatic rings. The SMILES string of the molecule is CC1CCN(c2nnc(SCc3csc(COc4ccccc4)n3)n2CC2CCCO2)CC1. The normalized spacial score (nSPS) is 19.3. The van der Waals surface area contributed by atoms with Crippen molar-refractivity contribution in [2.45, 2.75) is 62.8 Å². The quantitative estimate of drug-likeness (QED) is 0.394. The number of nitrogens with zero attached hydrogens (tertiary/aromatic N) is 5. The van der Waals surface area contributed by atoms with E-state index in [2.05, 4.69) is 32.0 Å². The van der Waals surface area contributed by atoms with Gasteiger partial charge in [-0.3, -0.25) is 4.57 Å². The first-order chi connectivity index (χ1) is 16.2. The van der Waals surface area contributed by atoms with E-state index in [9.17, 15) is 0 Å². The number of aromatic nitrogens is 4. The molecule has 1 atom stereocenters. The summed E-state index contributed by atoms with van der Waals surface area (Å²) >= 11 is 3.35. The van der Waals surface area contributed by atoms with E-state index in [4.69, 9.17) is 14.5 Å². The van der Waals surface area contributed by atoms with E-state index in [1.165, 1.54) is 12.8 Å². The largest absolute Gasteiger partial charge is 0.486 e. The second kappa shape index (κ2) is 10.9. The number of rotatable bonds is 9. The van der Waals surface area contributed by atoms with Gasteiger partial charge in [0.15, 0.2) is 5.16 Å². The lowest BCUT2D eigenvalue weighted by Gasteiger charge is -2.31. The van der Waals surface area contributed by atoms with Gasteiger partial charge in [-0.15, -0.1) is 21.5 Å². The van der Waals surface area contributed by atoms with Gasteiger partial charge in [-0.1, -0.05) is 36.9 Å². The van der Waals surface area contributed by atoms with Gasteiger partial charge in [-0.25, -0.2) is 4.98 Å². The summed E-state index contributed by atoms with van der Waals surface area (Å²) in [7, 11) is 0. The minimum absolute atomic E-state index is 0.254. The predicted octanol–water partition coefficient (Wildman–Crippen LogP) is 5.02. The Morgan fingerprint density at radius 3 is 2.79 bits per heavy atom. The van der Waals surface area contributed by atoms with E-state index in [1.807, 2.05) is 30.3 Å². The van der Waals surface area contributed by atoms with Gasteiger partial charge < -0.3 is 14.4 Å². The smallest absolute Gasteiger partial charge is 0.228 e. The molecule has 7 nitrogen and oxygen atoms in total. The van der Waals surface area contributed by atoms with E-state index < -0.39 is 0 Å². The molecule has 1 aromatic carbocycles. The van der Waals surface area contributed by atoms with Gasteiger partial charge in [0.25, 0.3) is 0 Å². The van der Waals surface area contributed by atoms with Crippen LogP contribution in [0.3, 0.4) is 0 Å². The highest BCUT2D eigenvalue weighted by atomic mass is 32.2. The van der Waals surface area contributed by atoms with Crippen LogP contribution in [0.5, 0.6) is 5.75 Å². The molecule has 0 amide bonds. The fourth-order valence-electron chi connectivity index (χ4n) is 4.26. The van der Waals surface area contributed by atoms with Gasteiger partial charge in [-0.05, 0) is 43.7 Å². The third kappa shape index (κ3) is 5.88. The zero-order valence-electron chi connectivity index (χ0n) is 19.1. The summed E-state index contributed by atoms with van der Waals surface area (Å²) in [6, 6.07) is 9.87. The highest BCUT2D eigenvalue weighted by Crippen LogP contribution is 2.30. The molecule has 0 aliphatic carbocycles. The van der Waals surface area contributed by atoms with E-state index in [-0.39, 0.29) is 6.10 Å². The first-order valence-electron chi connectivity index (χ1n) is 11.8. The number of hydrogen-bond donors (Lipinski definition) is 0. The number of hydrogen-bond acceptors (Lipinski definition) is 8. The minimum Gasteiger partial charge on any atom is -0.486 e. The Bertz CT molecular complexity index is 1010. The summed E-state index contributed by atoms with van der Waals surface area (Å²) in [6.07, 6.45) is 4.92. The fourth-order valence-corrected chi connectivity index (χ4v) is 5.91. The Balaban J connectivity index is 1.23. The molecule has 9 heteroatoms. The molecule has 176 valence electrons. The molecule has 2 fully saturated rings. The maximum Gasteiger partial charge on any atom is 0.228 e. The number of anilines is 1. The van der Waals surface area contributed by atoms with Gasteiger partial charge in [0, 0.05) is 30.8 Å². The maximum atomic E-state index is 5.94. The van der Waals surface area contributed by atoms with Crippen molar-refractivity contribution in [3.63, 3.8) is 0 Å². The number of thioether (sulfide) groups is 1. The summed E-state index contributed by atoms with van der Waals surface area (Å²) in [6.45, 7) is 6.61. The Hall–Kier alpha value is -2.10. The van der Waals surface area contributed by atoms with Gasteiger partial charge >= 0.3 is 0 Å². The van der Waals surface area contributed by atoms with E-state index in [0.29, 0.717) is 6.61 Å². The van der Waals surface area contributed by atoms with Crippen LogP contribution in [0.1, 0.15) is 43.3 Å². The highest BCUT2D eigenvalue weighted by molar-refractivity contribution is 7.98. The summed E-state index contributed by atoms with van der Waals surface area (Å²) < 4.78 is 14.1. The topological polar surface area (TPSA) is 65.3 Å². The lowest BCUT2D eigenvalue weighted by atomic mass is 10.00. The zero-order chi connectivity index (χ0) is 22.5. The van der Waals surface area contributed by atoms with Crippen molar-refractivity contribution in [2.24, 2.45) is 5.92 Å². The Morgan fingerprint density at radius 1 is 1.15 bits per heavy atom. The standard InChI is InChI=1S/C24H31N5O2S2/c1-18-9-11-28(12-10-18)23-26-27-24(29(23)14-21-8-5-13-30-21)33-17-19-16-32-22(25-19)15-31-20-6-3-2-4-7-20/h2-4,6-7,16,18,21H,5,8-15,17H2,1H3. The van der Waals surface area contributed by atoms with Crippen LogP contribution in [0.15, 0.2) is 40.9 Å². The Labute approximate surface area is 203 Å². The Morgan fingerprint density at radius 2 is 2.00 bits per heavy atom. The molecule has 4 heterocycles. The molecule has 0 bridgehead atoms. The van der Waals surface area contributed by atoms with Gasteiger partial charge in [0.2, 0.25) is 5.95 Å². The molecule has 2 aliphatic heterocycles. The first-order valence-corrected chi connectivity index (χ1v) is 13.6. The van der Waals surface area contributed by atoms with Crippen molar-refractivity contribution >= 4 is 29.0 Å². The van der Waals surface area contributed by atoms with Crippen LogP contribution in [0.25, 0.3) is 0 Å². The van der Waals surface area contributed by atoms with Crippen molar-refractivity contribution in [1.82, 2.24) is 19.7 Å². The lowest BCUT2D eigenvalue weighted by Crippen LogP contribution is -2.35. The van der Waals surface area contributed by atoms with E-state index in [0.717, 1.165) is 78.3 Å². The molecule has 5 rings (SSSR count). The molecule has 0 saturated carbocycles. The number of thiazole rings is 1. The van der Waals surface area contributed by atoms with Crippen LogP contribution in [0.4, 0.5) is 5.95 Å². The maximum absolute atomic E-state index is 5.94. The number of para-hydroxylation sites is 1. The minimum atomic E-state index is 0.254. The third-order valence-corrected chi connectivity index (χ3v) is 8.10. The van der Waals surface area contributed by atoms with Crippen LogP contribution < -0.4 is 9.64 Å². The fraction of sp³-hybridized carbons (Fsp3) is 0.542. The third-order valence-electron chi connectivity index (χ3n) is 6.23. The van der Waals surface area contributed by atoms with Crippen molar-refractivity contribution in [2.75, 3.05) is 24.6 Å². The van der Waals surface area contributed by atoms with E-state index in [1.54, 1.807) is 23.1 Å². The summed E-state index contributed by atoms with van der Waals surface area (Å²) in [5.74, 6) is 3.41. The molecule has 0 spiro atoms. The molecular formula is C24H31N5O2S2. The molecule has 2 aromatic heterocycles. The lowest BCUT2D eigenvalue weighted by molar-refractivity contribution is 0.0951. The second-order valence-electron chi connectivity index (χ2n) is 8.82. The highest BCUT2D eigenvalue weighted by Gasteiger charge is 2.26. The molecular weight excluding hydrogens is 454 g/mol. The summed E-state index contributed by atoms with van der Waals surface area (Å²) in [5.41, 5.74) is 1.05. The molecule has 33 heavy (non-hydrogen) atoms. The molecule has 0 N–H and O–H groups in total. The summed E-state index contributed by atoms with van der Waals surface area (Å²) in [5, 5.41) is 13.2. The van der Waals surface area contributed by atoms with Crippen LogP contribution >= 0.6 is 23.1 Å². The van der Waals surface area contributed by atoms with Gasteiger partial charge in [0.1, 0.15) is 17.4 Å².